The summed E-state index contributed by atoms with van der Waals surface area (Å²) in [7, 11) is 1.78. The molecule has 0 saturated carbocycles. The van der Waals surface area contributed by atoms with E-state index in [2.05, 4.69) is 0 Å². The van der Waals surface area contributed by atoms with E-state index in [1.807, 2.05) is 44.2 Å². The van der Waals surface area contributed by atoms with Crippen molar-refractivity contribution in [2.75, 3.05) is 17.7 Å². The van der Waals surface area contributed by atoms with Crippen molar-refractivity contribution in [1.82, 2.24) is 0 Å². The molecular formula is C16H18N2O. The zero-order valence-electron chi connectivity index (χ0n) is 11.5. The van der Waals surface area contributed by atoms with Crippen LogP contribution in [0.5, 0.6) is 0 Å². The summed E-state index contributed by atoms with van der Waals surface area (Å²) in [6.07, 6.45) is 0. The van der Waals surface area contributed by atoms with Crippen LogP contribution in [-0.2, 0) is 0 Å². The summed E-state index contributed by atoms with van der Waals surface area (Å²) in [6.45, 7) is 3.91. The number of carbonyl (C=O) groups excluding carboxylic acids is 1. The molecule has 1 amide bonds. The van der Waals surface area contributed by atoms with Crippen molar-refractivity contribution in [3.8, 4) is 0 Å². The van der Waals surface area contributed by atoms with Crippen LogP contribution in [0.3, 0.4) is 0 Å². The van der Waals surface area contributed by atoms with Gasteiger partial charge in [-0.1, -0.05) is 12.1 Å². The summed E-state index contributed by atoms with van der Waals surface area (Å²) in [5.74, 6) is -0.0249. The van der Waals surface area contributed by atoms with Gasteiger partial charge in [-0.25, -0.2) is 0 Å². The second-order valence-corrected chi connectivity index (χ2v) is 4.78. The van der Waals surface area contributed by atoms with Gasteiger partial charge < -0.3 is 10.6 Å². The molecule has 0 aliphatic heterocycles. The third-order valence-electron chi connectivity index (χ3n) is 3.17. The van der Waals surface area contributed by atoms with Crippen LogP contribution in [-0.4, -0.2) is 13.0 Å². The quantitative estimate of drug-likeness (QED) is 0.837. The molecule has 0 aliphatic rings. The number of carbonyl (C=O) groups is 1. The highest BCUT2D eigenvalue weighted by Crippen LogP contribution is 2.19. The molecular weight excluding hydrogens is 236 g/mol. The highest BCUT2D eigenvalue weighted by atomic mass is 16.2. The number of nitrogen functional groups attached to an aromatic ring is 1. The lowest BCUT2D eigenvalue weighted by molar-refractivity contribution is 0.0992. The van der Waals surface area contributed by atoms with Crippen molar-refractivity contribution in [2.45, 2.75) is 13.8 Å². The minimum Gasteiger partial charge on any atom is -0.399 e. The molecule has 0 bridgehead atoms. The summed E-state index contributed by atoms with van der Waals surface area (Å²) in [5.41, 5.74) is 9.98. The van der Waals surface area contributed by atoms with Gasteiger partial charge in [0, 0.05) is 24.0 Å². The average molecular weight is 254 g/mol. The van der Waals surface area contributed by atoms with E-state index in [1.165, 1.54) is 0 Å². The summed E-state index contributed by atoms with van der Waals surface area (Å²) in [4.78, 5) is 14.1. The Morgan fingerprint density at radius 1 is 1.11 bits per heavy atom. The van der Waals surface area contributed by atoms with Crippen molar-refractivity contribution in [3.63, 3.8) is 0 Å². The first-order chi connectivity index (χ1) is 8.99. The smallest absolute Gasteiger partial charge is 0.258 e. The van der Waals surface area contributed by atoms with Crippen molar-refractivity contribution in [1.29, 1.82) is 0 Å². The number of nitrogens with two attached hydrogens (primary N) is 1. The number of amides is 1. The lowest BCUT2D eigenvalue weighted by Crippen LogP contribution is -2.27. The van der Waals surface area contributed by atoms with Gasteiger partial charge in [0.1, 0.15) is 0 Å². The Balaban J connectivity index is 2.33. The maximum absolute atomic E-state index is 12.5. The van der Waals surface area contributed by atoms with Crippen LogP contribution in [0.4, 0.5) is 11.4 Å². The second kappa shape index (κ2) is 5.14. The van der Waals surface area contributed by atoms with Crippen LogP contribution in [0, 0.1) is 13.8 Å². The number of nitrogens with zero attached hydrogens (tertiary/aromatic N) is 1. The third-order valence-corrected chi connectivity index (χ3v) is 3.17. The first-order valence-electron chi connectivity index (χ1n) is 6.20. The summed E-state index contributed by atoms with van der Waals surface area (Å²) < 4.78 is 0. The molecule has 3 heteroatoms. The van der Waals surface area contributed by atoms with Crippen LogP contribution in [0.1, 0.15) is 21.5 Å². The molecule has 98 valence electrons. The number of rotatable bonds is 2. The van der Waals surface area contributed by atoms with E-state index in [0.717, 1.165) is 16.8 Å². The van der Waals surface area contributed by atoms with Gasteiger partial charge in [0.15, 0.2) is 0 Å². The summed E-state index contributed by atoms with van der Waals surface area (Å²) in [5, 5.41) is 0. The molecule has 0 spiro atoms. The SMILES string of the molecule is Cc1cccc(N(C)C(=O)c2ccc(N)cc2C)c1. The molecule has 0 unspecified atom stereocenters. The molecule has 0 aliphatic carbocycles. The predicted octanol–water partition coefficient (Wildman–Crippen LogP) is 3.16. The number of aryl methyl sites for hydroxylation is 2. The minimum atomic E-state index is -0.0249. The monoisotopic (exact) mass is 254 g/mol. The maximum Gasteiger partial charge on any atom is 0.258 e. The van der Waals surface area contributed by atoms with E-state index < -0.39 is 0 Å². The number of hydrogen-bond acceptors (Lipinski definition) is 2. The molecule has 2 aromatic rings. The van der Waals surface area contributed by atoms with Crippen molar-refractivity contribution < 1.29 is 4.79 Å². The highest BCUT2D eigenvalue weighted by Gasteiger charge is 2.15. The van der Waals surface area contributed by atoms with Crippen molar-refractivity contribution in [2.24, 2.45) is 0 Å². The van der Waals surface area contributed by atoms with Crippen LogP contribution in [0.25, 0.3) is 0 Å². The van der Waals surface area contributed by atoms with Crippen molar-refractivity contribution >= 4 is 17.3 Å². The highest BCUT2D eigenvalue weighted by molar-refractivity contribution is 6.06. The van der Waals surface area contributed by atoms with Gasteiger partial charge in [-0.15, -0.1) is 0 Å². The van der Waals surface area contributed by atoms with E-state index in [1.54, 1.807) is 24.1 Å². The lowest BCUT2D eigenvalue weighted by Gasteiger charge is -2.19. The van der Waals surface area contributed by atoms with Crippen LogP contribution in [0.15, 0.2) is 42.5 Å². The normalized spacial score (nSPS) is 10.3. The Bertz CT molecular complexity index is 620. The first-order valence-corrected chi connectivity index (χ1v) is 6.20. The largest absolute Gasteiger partial charge is 0.399 e. The molecule has 0 atom stereocenters. The summed E-state index contributed by atoms with van der Waals surface area (Å²) in [6, 6.07) is 13.2. The fourth-order valence-corrected chi connectivity index (χ4v) is 2.06. The van der Waals surface area contributed by atoms with E-state index in [0.29, 0.717) is 11.3 Å². The van der Waals surface area contributed by atoms with Crippen LogP contribution in [0.2, 0.25) is 0 Å². The second-order valence-electron chi connectivity index (χ2n) is 4.78. The van der Waals surface area contributed by atoms with Gasteiger partial charge in [0.2, 0.25) is 0 Å². The van der Waals surface area contributed by atoms with Gasteiger partial charge in [-0.3, -0.25) is 4.79 Å². The van der Waals surface area contributed by atoms with Gasteiger partial charge >= 0.3 is 0 Å². The third kappa shape index (κ3) is 2.76. The topological polar surface area (TPSA) is 46.3 Å². The van der Waals surface area contributed by atoms with E-state index in [4.69, 9.17) is 5.73 Å². The van der Waals surface area contributed by atoms with E-state index in [-0.39, 0.29) is 5.91 Å². The summed E-state index contributed by atoms with van der Waals surface area (Å²) >= 11 is 0. The molecule has 0 radical (unpaired) electrons. The molecule has 2 aromatic carbocycles. The Labute approximate surface area is 113 Å². The molecule has 0 fully saturated rings. The Kier molecular flexibility index (Phi) is 3.56. The zero-order valence-corrected chi connectivity index (χ0v) is 11.5. The molecule has 2 N–H and O–H groups in total. The van der Waals surface area contributed by atoms with E-state index in [9.17, 15) is 4.79 Å². The van der Waals surface area contributed by atoms with Gasteiger partial charge in [0.25, 0.3) is 5.91 Å². The van der Waals surface area contributed by atoms with Crippen molar-refractivity contribution in [3.05, 3.63) is 59.2 Å². The predicted molar refractivity (Wildman–Crippen MR) is 79.5 cm³/mol. The lowest BCUT2D eigenvalue weighted by atomic mass is 10.1. The molecule has 19 heavy (non-hydrogen) atoms. The van der Waals surface area contributed by atoms with Crippen LogP contribution < -0.4 is 10.6 Å². The van der Waals surface area contributed by atoms with E-state index >= 15 is 0 Å². The molecule has 0 aromatic heterocycles. The van der Waals surface area contributed by atoms with Gasteiger partial charge in [0.05, 0.1) is 0 Å². The Morgan fingerprint density at radius 3 is 2.47 bits per heavy atom. The molecule has 0 heterocycles. The minimum absolute atomic E-state index is 0.0249. The van der Waals surface area contributed by atoms with Gasteiger partial charge in [-0.2, -0.15) is 0 Å². The van der Waals surface area contributed by atoms with Crippen LogP contribution >= 0.6 is 0 Å². The molecule has 0 saturated heterocycles. The first kappa shape index (κ1) is 13.1. The zero-order chi connectivity index (χ0) is 14.0. The fourth-order valence-electron chi connectivity index (χ4n) is 2.06. The average Bonchev–Trinajstić information content (AvgIpc) is 2.37. The standard InChI is InChI=1S/C16H18N2O/c1-11-5-4-6-14(9-11)18(3)16(19)15-8-7-13(17)10-12(15)2/h4-10H,17H2,1-3H3. The maximum atomic E-state index is 12.5. The molecule has 3 nitrogen and oxygen atoms in total. The number of hydrogen-bond donors (Lipinski definition) is 1. The molecule has 2 rings (SSSR count). The number of benzene rings is 2. The number of anilines is 2. The Morgan fingerprint density at radius 2 is 1.84 bits per heavy atom. The van der Waals surface area contributed by atoms with Gasteiger partial charge in [-0.05, 0) is 55.3 Å². The Hall–Kier alpha value is -2.29. The fraction of sp³-hybridized carbons (Fsp3) is 0.188.